The largest absolute Gasteiger partial charge is 0.496 e. The third-order valence-corrected chi connectivity index (χ3v) is 3.99. The van der Waals surface area contributed by atoms with Gasteiger partial charge in [-0.15, -0.1) is 0 Å². The van der Waals surface area contributed by atoms with Crippen LogP contribution in [0.15, 0.2) is 24.3 Å². The molecule has 0 aliphatic carbocycles. The van der Waals surface area contributed by atoms with Crippen LogP contribution >= 0.6 is 0 Å². The lowest BCUT2D eigenvalue weighted by atomic mass is 9.94. The molecule has 1 aromatic carbocycles. The molecule has 110 valence electrons. The van der Waals surface area contributed by atoms with Crippen LogP contribution in [-0.4, -0.2) is 32.1 Å². The van der Waals surface area contributed by atoms with E-state index >= 15 is 0 Å². The molecule has 0 saturated carbocycles. The van der Waals surface area contributed by atoms with Crippen LogP contribution in [0.5, 0.6) is 5.75 Å². The minimum Gasteiger partial charge on any atom is -0.496 e. The molecule has 1 fully saturated rings. The zero-order chi connectivity index (χ0) is 14.4. The van der Waals surface area contributed by atoms with Crippen molar-refractivity contribution >= 4 is 5.91 Å². The van der Waals surface area contributed by atoms with Crippen LogP contribution in [0.1, 0.15) is 25.3 Å². The third kappa shape index (κ3) is 3.97. The van der Waals surface area contributed by atoms with Crippen molar-refractivity contribution in [3.05, 3.63) is 29.8 Å². The molecule has 1 saturated heterocycles. The van der Waals surface area contributed by atoms with Crippen molar-refractivity contribution in [2.45, 2.75) is 32.2 Å². The molecule has 20 heavy (non-hydrogen) atoms. The first-order valence-corrected chi connectivity index (χ1v) is 7.32. The number of benzene rings is 1. The normalized spacial score (nSPS) is 22.3. The summed E-state index contributed by atoms with van der Waals surface area (Å²) in [6.07, 6.45) is 2.34. The lowest BCUT2D eigenvalue weighted by Crippen LogP contribution is -2.50. The van der Waals surface area contributed by atoms with E-state index in [0.29, 0.717) is 18.8 Å². The fourth-order valence-corrected chi connectivity index (χ4v) is 2.62. The number of aryl methyl sites for hydroxylation is 1. The average Bonchev–Trinajstić information content (AvgIpc) is 2.48. The maximum absolute atomic E-state index is 12.1. The van der Waals surface area contributed by atoms with Crippen LogP contribution in [0.25, 0.3) is 0 Å². The molecule has 2 N–H and O–H groups in total. The summed E-state index contributed by atoms with van der Waals surface area (Å²) in [7, 11) is 1.66. The van der Waals surface area contributed by atoms with Crippen LogP contribution in [0, 0.1) is 5.92 Å². The number of nitrogens with one attached hydrogen (secondary N) is 2. The van der Waals surface area contributed by atoms with Crippen molar-refractivity contribution < 1.29 is 9.53 Å². The summed E-state index contributed by atoms with van der Waals surface area (Å²) in [5.74, 6) is 1.52. The average molecular weight is 276 g/mol. The quantitative estimate of drug-likeness (QED) is 0.861. The van der Waals surface area contributed by atoms with E-state index in [4.69, 9.17) is 4.74 Å². The van der Waals surface area contributed by atoms with Gasteiger partial charge in [0.05, 0.1) is 7.11 Å². The van der Waals surface area contributed by atoms with Gasteiger partial charge in [-0.25, -0.2) is 0 Å². The predicted molar refractivity (Wildman–Crippen MR) is 79.9 cm³/mol. The summed E-state index contributed by atoms with van der Waals surface area (Å²) in [5, 5.41) is 6.46. The lowest BCUT2D eigenvalue weighted by Gasteiger charge is -2.30. The first-order chi connectivity index (χ1) is 9.70. The van der Waals surface area contributed by atoms with E-state index in [1.807, 2.05) is 24.3 Å². The summed E-state index contributed by atoms with van der Waals surface area (Å²) < 4.78 is 5.30. The van der Waals surface area contributed by atoms with Crippen LogP contribution in [0.3, 0.4) is 0 Å². The zero-order valence-electron chi connectivity index (χ0n) is 12.3. The Morgan fingerprint density at radius 2 is 2.25 bits per heavy atom. The molecule has 0 bridgehead atoms. The molecule has 0 radical (unpaired) electrons. The molecule has 1 aromatic rings. The van der Waals surface area contributed by atoms with Crippen LogP contribution < -0.4 is 15.4 Å². The second kappa shape index (κ2) is 7.29. The lowest BCUT2D eigenvalue weighted by molar-refractivity contribution is -0.122. The highest BCUT2D eigenvalue weighted by atomic mass is 16.5. The van der Waals surface area contributed by atoms with Gasteiger partial charge in [0.25, 0.3) is 0 Å². The molecule has 1 aliphatic rings. The van der Waals surface area contributed by atoms with Gasteiger partial charge in [0.2, 0.25) is 5.91 Å². The van der Waals surface area contributed by atoms with E-state index in [0.717, 1.165) is 30.8 Å². The van der Waals surface area contributed by atoms with Gasteiger partial charge < -0.3 is 15.4 Å². The van der Waals surface area contributed by atoms with Gasteiger partial charge in [0.1, 0.15) is 5.75 Å². The highest BCUT2D eigenvalue weighted by Gasteiger charge is 2.22. The number of piperidine rings is 1. The molecule has 1 aliphatic heterocycles. The SMILES string of the molecule is COc1ccccc1CCC(=O)NC1CNCCC1C. The molecule has 2 atom stereocenters. The third-order valence-electron chi connectivity index (χ3n) is 3.99. The summed E-state index contributed by atoms with van der Waals surface area (Å²) in [6, 6.07) is 8.12. The number of ether oxygens (including phenoxy) is 1. The first kappa shape index (κ1) is 14.9. The molecule has 1 heterocycles. The van der Waals surface area contributed by atoms with Crippen LogP contribution in [-0.2, 0) is 11.2 Å². The van der Waals surface area contributed by atoms with Gasteiger partial charge in [0.15, 0.2) is 0 Å². The number of hydrogen-bond donors (Lipinski definition) is 2. The van der Waals surface area contributed by atoms with Gasteiger partial charge in [-0.2, -0.15) is 0 Å². The highest BCUT2D eigenvalue weighted by molar-refractivity contribution is 5.76. The Hall–Kier alpha value is -1.55. The van der Waals surface area contributed by atoms with Crippen LogP contribution in [0.4, 0.5) is 0 Å². The summed E-state index contributed by atoms with van der Waals surface area (Å²) in [5.41, 5.74) is 1.08. The van der Waals surface area contributed by atoms with E-state index < -0.39 is 0 Å². The van der Waals surface area contributed by atoms with Crippen molar-refractivity contribution in [3.8, 4) is 5.75 Å². The molecule has 1 amide bonds. The van der Waals surface area contributed by atoms with Gasteiger partial charge in [-0.05, 0) is 36.9 Å². The Bertz CT molecular complexity index is 448. The van der Waals surface area contributed by atoms with Gasteiger partial charge >= 0.3 is 0 Å². The smallest absolute Gasteiger partial charge is 0.220 e. The number of rotatable bonds is 5. The molecule has 2 unspecified atom stereocenters. The molecule has 0 spiro atoms. The Kier molecular flexibility index (Phi) is 5.41. The minimum atomic E-state index is 0.122. The van der Waals surface area contributed by atoms with Crippen molar-refractivity contribution in [2.24, 2.45) is 5.92 Å². The number of carbonyl (C=O) groups is 1. The standard InChI is InChI=1S/C16H24N2O2/c1-12-9-10-17-11-14(12)18-16(19)8-7-13-5-3-4-6-15(13)20-2/h3-6,12,14,17H,7-11H2,1-2H3,(H,18,19). The maximum Gasteiger partial charge on any atom is 0.220 e. The topological polar surface area (TPSA) is 50.4 Å². The summed E-state index contributed by atoms with van der Waals surface area (Å²) in [4.78, 5) is 12.1. The van der Waals surface area contributed by atoms with E-state index in [1.165, 1.54) is 0 Å². The number of para-hydroxylation sites is 1. The van der Waals surface area contributed by atoms with Crippen molar-refractivity contribution in [2.75, 3.05) is 20.2 Å². The first-order valence-electron chi connectivity index (χ1n) is 7.32. The molecular weight excluding hydrogens is 252 g/mol. The number of hydrogen-bond acceptors (Lipinski definition) is 3. The molecule has 0 aromatic heterocycles. The number of amides is 1. The molecule has 2 rings (SSSR count). The fraction of sp³-hybridized carbons (Fsp3) is 0.562. The zero-order valence-corrected chi connectivity index (χ0v) is 12.3. The van der Waals surface area contributed by atoms with Crippen molar-refractivity contribution in [1.82, 2.24) is 10.6 Å². The summed E-state index contributed by atoms with van der Waals surface area (Å²) >= 11 is 0. The predicted octanol–water partition coefficient (Wildman–Crippen LogP) is 1.74. The second-order valence-corrected chi connectivity index (χ2v) is 5.46. The Balaban J connectivity index is 1.82. The Morgan fingerprint density at radius 3 is 3.00 bits per heavy atom. The number of carbonyl (C=O) groups excluding carboxylic acids is 1. The second-order valence-electron chi connectivity index (χ2n) is 5.46. The summed E-state index contributed by atoms with van der Waals surface area (Å²) in [6.45, 7) is 4.13. The van der Waals surface area contributed by atoms with E-state index in [1.54, 1.807) is 7.11 Å². The Morgan fingerprint density at radius 1 is 1.45 bits per heavy atom. The monoisotopic (exact) mass is 276 g/mol. The van der Waals surface area contributed by atoms with Gasteiger partial charge in [-0.1, -0.05) is 25.1 Å². The molecule has 4 nitrogen and oxygen atoms in total. The van der Waals surface area contributed by atoms with E-state index in [2.05, 4.69) is 17.6 Å². The van der Waals surface area contributed by atoms with E-state index in [9.17, 15) is 4.79 Å². The fourth-order valence-electron chi connectivity index (χ4n) is 2.62. The molecular formula is C16H24N2O2. The Labute approximate surface area is 120 Å². The van der Waals surface area contributed by atoms with Gasteiger partial charge in [-0.3, -0.25) is 4.79 Å². The minimum absolute atomic E-state index is 0.122. The van der Waals surface area contributed by atoms with E-state index in [-0.39, 0.29) is 11.9 Å². The van der Waals surface area contributed by atoms with Gasteiger partial charge in [0, 0.05) is 19.0 Å². The number of methoxy groups -OCH3 is 1. The highest BCUT2D eigenvalue weighted by Crippen LogP contribution is 2.19. The van der Waals surface area contributed by atoms with Crippen molar-refractivity contribution in [3.63, 3.8) is 0 Å². The maximum atomic E-state index is 12.1. The van der Waals surface area contributed by atoms with Crippen molar-refractivity contribution in [1.29, 1.82) is 0 Å². The van der Waals surface area contributed by atoms with Crippen LogP contribution in [0.2, 0.25) is 0 Å². The molecule has 4 heteroatoms.